The van der Waals surface area contributed by atoms with E-state index >= 15 is 0 Å². The molecule has 0 saturated heterocycles. The molecule has 3 amide bonds. The highest BCUT2D eigenvalue weighted by Gasteiger charge is 2.33. The van der Waals surface area contributed by atoms with Crippen LogP contribution in [0, 0.1) is 0 Å². The van der Waals surface area contributed by atoms with Gasteiger partial charge in [-0.15, -0.1) is 0 Å². The number of carbonyl (C=O) groups excluding carboxylic acids is 2. The van der Waals surface area contributed by atoms with Crippen molar-refractivity contribution in [2.45, 2.75) is 31.5 Å². The van der Waals surface area contributed by atoms with Crippen LogP contribution < -0.4 is 16.0 Å². The molecule has 0 radical (unpaired) electrons. The Balaban J connectivity index is 1.53. The van der Waals surface area contributed by atoms with Crippen molar-refractivity contribution in [3.05, 3.63) is 62.2 Å². The molecule has 1 aliphatic carbocycles. The highest BCUT2D eigenvalue weighted by Crippen LogP contribution is 2.37. The number of H-pyrrole nitrogens is 1. The van der Waals surface area contributed by atoms with Gasteiger partial charge in [-0.05, 0) is 71.1 Å². The molecule has 0 aliphatic heterocycles. The second kappa shape index (κ2) is 10.1. The zero-order valence-electron chi connectivity index (χ0n) is 18.2. The van der Waals surface area contributed by atoms with Gasteiger partial charge in [-0.25, -0.2) is 4.79 Å². The predicted molar refractivity (Wildman–Crippen MR) is 130 cm³/mol. The van der Waals surface area contributed by atoms with Crippen molar-refractivity contribution in [1.29, 1.82) is 0 Å². The molecule has 1 heterocycles. The third-order valence-corrected chi connectivity index (χ3v) is 6.79. The maximum atomic E-state index is 13.1. The molecule has 0 bridgehead atoms. The predicted octanol–water partition coefficient (Wildman–Crippen LogP) is 5.00. The summed E-state index contributed by atoms with van der Waals surface area (Å²) in [6.07, 6.45) is -3.01. The van der Waals surface area contributed by atoms with Gasteiger partial charge in [0, 0.05) is 39.4 Å². The number of carbonyl (C=O) groups is 2. The summed E-state index contributed by atoms with van der Waals surface area (Å²) in [5, 5.41) is 17.2. The first kappa shape index (κ1) is 25.3. The van der Waals surface area contributed by atoms with E-state index in [1.54, 1.807) is 12.1 Å². The van der Waals surface area contributed by atoms with Crippen LogP contribution in [0.4, 0.5) is 23.7 Å². The minimum absolute atomic E-state index is 0.0328. The van der Waals surface area contributed by atoms with Crippen LogP contribution in [0.2, 0.25) is 5.02 Å². The van der Waals surface area contributed by atoms with E-state index in [9.17, 15) is 22.8 Å². The number of aromatic nitrogens is 1. The lowest BCUT2D eigenvalue weighted by Gasteiger charge is -2.24. The zero-order chi connectivity index (χ0) is 25.3. The minimum atomic E-state index is -4.64. The van der Waals surface area contributed by atoms with Crippen LogP contribution in [-0.2, 0) is 19.0 Å². The molecule has 1 atom stereocenters. The van der Waals surface area contributed by atoms with E-state index in [1.165, 1.54) is 6.07 Å². The number of rotatable bonds is 5. The van der Waals surface area contributed by atoms with Crippen LogP contribution >= 0.6 is 27.5 Å². The summed E-state index contributed by atoms with van der Waals surface area (Å²) < 4.78 is 40.1. The molecular formula is C23H21BrClF3N4O3. The topological polar surface area (TPSA) is 106 Å². The molecule has 12 heteroatoms. The molecule has 7 nitrogen and oxygen atoms in total. The van der Waals surface area contributed by atoms with Gasteiger partial charge in [-0.3, -0.25) is 4.79 Å². The van der Waals surface area contributed by atoms with Crippen molar-refractivity contribution in [3.63, 3.8) is 0 Å². The number of urea groups is 1. The summed E-state index contributed by atoms with van der Waals surface area (Å²) in [5.74, 6) is -0.325. The van der Waals surface area contributed by atoms with Crippen molar-refractivity contribution in [2.24, 2.45) is 0 Å². The van der Waals surface area contributed by atoms with Crippen molar-refractivity contribution < 1.29 is 27.9 Å². The summed E-state index contributed by atoms with van der Waals surface area (Å²) in [6, 6.07) is 5.68. The van der Waals surface area contributed by atoms with Crippen molar-refractivity contribution in [1.82, 2.24) is 15.6 Å². The summed E-state index contributed by atoms with van der Waals surface area (Å²) >= 11 is 9.14. The van der Waals surface area contributed by atoms with Crippen molar-refractivity contribution >= 4 is 56.1 Å². The average Bonchev–Trinajstić information content (AvgIpc) is 3.18. The molecule has 35 heavy (non-hydrogen) atoms. The third kappa shape index (κ3) is 5.41. The molecule has 0 fully saturated rings. The average molecular weight is 574 g/mol. The SMILES string of the molecule is O=C(Nc1ccc(Cl)c(C(F)(F)F)c1)NC1CCc2[nH]c3c(Br)ccc(C(=O)NCCO)c3c2C1. The summed E-state index contributed by atoms with van der Waals surface area (Å²) in [7, 11) is 0. The number of aromatic amines is 1. The monoisotopic (exact) mass is 572 g/mol. The van der Waals surface area contributed by atoms with Crippen LogP contribution in [0.15, 0.2) is 34.8 Å². The van der Waals surface area contributed by atoms with E-state index in [4.69, 9.17) is 16.7 Å². The number of halogens is 5. The maximum absolute atomic E-state index is 13.1. The number of aryl methyl sites for hydroxylation is 1. The number of amides is 3. The second-order valence-corrected chi connectivity index (χ2v) is 9.40. The first-order valence-electron chi connectivity index (χ1n) is 10.7. The minimum Gasteiger partial charge on any atom is -0.395 e. The Morgan fingerprint density at radius 2 is 2.00 bits per heavy atom. The van der Waals surface area contributed by atoms with Crippen molar-refractivity contribution in [2.75, 3.05) is 18.5 Å². The summed E-state index contributed by atoms with van der Waals surface area (Å²) in [5.41, 5.74) is 1.98. The standard InChI is InChI=1S/C23H21BrClF3N4O3/c24-16-4-3-13(21(34)29-7-8-33)19-14-9-11(2-6-18(14)32-20(16)19)30-22(35)31-12-1-5-17(25)15(10-12)23(26,27)28/h1,3-5,10-11,32-33H,2,6-9H2,(H,29,34)(H2,30,31,35). The molecule has 5 N–H and O–H groups in total. The molecule has 1 aliphatic rings. The lowest BCUT2D eigenvalue weighted by atomic mass is 9.90. The van der Waals surface area contributed by atoms with Crippen LogP contribution in [-0.4, -0.2) is 41.2 Å². The Labute approximate surface area is 211 Å². The Bertz CT molecular complexity index is 1300. The molecule has 2 aromatic carbocycles. The molecule has 1 aromatic heterocycles. The third-order valence-electron chi connectivity index (χ3n) is 5.80. The fourth-order valence-corrected chi connectivity index (χ4v) is 4.90. The first-order valence-corrected chi connectivity index (χ1v) is 11.9. The van der Waals surface area contributed by atoms with Gasteiger partial charge in [-0.2, -0.15) is 13.2 Å². The summed E-state index contributed by atoms with van der Waals surface area (Å²) in [4.78, 5) is 28.6. The van der Waals surface area contributed by atoms with Crippen LogP contribution in [0.3, 0.4) is 0 Å². The van der Waals surface area contributed by atoms with Gasteiger partial charge in [0.2, 0.25) is 0 Å². The number of nitrogens with one attached hydrogen (secondary N) is 4. The van der Waals surface area contributed by atoms with E-state index in [0.717, 1.165) is 38.8 Å². The first-order chi connectivity index (χ1) is 16.6. The molecule has 3 aromatic rings. The Kier molecular flexibility index (Phi) is 7.30. The van der Waals surface area contributed by atoms with Gasteiger partial charge in [-0.1, -0.05) is 11.6 Å². The molecule has 1 unspecified atom stereocenters. The molecule has 0 saturated carbocycles. The van der Waals surface area contributed by atoms with Gasteiger partial charge < -0.3 is 26.0 Å². The fourth-order valence-electron chi connectivity index (χ4n) is 4.25. The van der Waals surface area contributed by atoms with Crippen LogP contribution in [0.25, 0.3) is 10.9 Å². The highest BCUT2D eigenvalue weighted by atomic mass is 79.9. The van der Waals surface area contributed by atoms with Crippen LogP contribution in [0.5, 0.6) is 0 Å². The Hall–Kier alpha value is -2.76. The van der Waals surface area contributed by atoms with Crippen molar-refractivity contribution in [3.8, 4) is 0 Å². The normalized spacial score (nSPS) is 15.5. The number of alkyl halides is 3. The van der Waals surface area contributed by atoms with Gasteiger partial charge in [0.15, 0.2) is 0 Å². The molecule has 0 spiro atoms. The fraction of sp³-hybridized carbons (Fsp3) is 0.304. The lowest BCUT2D eigenvalue weighted by molar-refractivity contribution is -0.137. The number of aliphatic hydroxyl groups excluding tert-OH is 1. The molecule has 186 valence electrons. The number of hydrogen-bond donors (Lipinski definition) is 5. The molecular weight excluding hydrogens is 553 g/mol. The van der Waals surface area contributed by atoms with E-state index in [0.29, 0.717) is 24.8 Å². The maximum Gasteiger partial charge on any atom is 0.417 e. The Morgan fingerprint density at radius 1 is 1.23 bits per heavy atom. The second-order valence-electron chi connectivity index (χ2n) is 8.14. The van der Waals surface area contributed by atoms with E-state index in [-0.39, 0.29) is 30.8 Å². The van der Waals surface area contributed by atoms with Crippen LogP contribution in [0.1, 0.15) is 33.6 Å². The van der Waals surface area contributed by atoms with E-state index in [1.807, 2.05) is 0 Å². The number of anilines is 1. The zero-order valence-corrected chi connectivity index (χ0v) is 20.5. The van der Waals surface area contributed by atoms with Gasteiger partial charge in [0.05, 0.1) is 22.7 Å². The van der Waals surface area contributed by atoms with E-state index in [2.05, 4.69) is 36.9 Å². The largest absolute Gasteiger partial charge is 0.417 e. The number of aliphatic hydroxyl groups is 1. The quantitative estimate of drug-likeness (QED) is 0.297. The van der Waals surface area contributed by atoms with Gasteiger partial charge in [0.1, 0.15) is 0 Å². The smallest absolute Gasteiger partial charge is 0.395 e. The molecule has 4 rings (SSSR count). The van der Waals surface area contributed by atoms with Gasteiger partial charge >= 0.3 is 12.2 Å². The Morgan fingerprint density at radius 3 is 2.71 bits per heavy atom. The number of hydrogen-bond acceptors (Lipinski definition) is 3. The highest BCUT2D eigenvalue weighted by molar-refractivity contribution is 9.10. The van der Waals surface area contributed by atoms with Gasteiger partial charge in [0.25, 0.3) is 5.91 Å². The number of benzene rings is 2. The lowest BCUT2D eigenvalue weighted by Crippen LogP contribution is -2.41. The number of fused-ring (bicyclic) bond motifs is 3. The summed E-state index contributed by atoms with van der Waals surface area (Å²) in [6.45, 7) is -0.0655. The van der Waals surface area contributed by atoms with E-state index < -0.39 is 22.8 Å².